The molecule has 0 bridgehead atoms. The van der Waals surface area contributed by atoms with Gasteiger partial charge in [-0.25, -0.2) is 10.8 Å². The van der Waals surface area contributed by atoms with Crippen molar-refractivity contribution in [1.29, 1.82) is 0 Å². The van der Waals surface area contributed by atoms with Gasteiger partial charge in [0, 0.05) is 32.7 Å². The van der Waals surface area contributed by atoms with Crippen LogP contribution < -0.4 is 0 Å². The molecular formula is C12H7NY-2. The van der Waals surface area contributed by atoms with Crippen LogP contribution in [0.15, 0.2) is 36.4 Å². The average Bonchev–Trinajstić information content (AvgIpc) is 2.56. The first-order valence-electron chi connectivity index (χ1n) is 4.24. The van der Waals surface area contributed by atoms with Crippen LogP contribution in [0.3, 0.4) is 0 Å². The minimum atomic E-state index is 0. The maximum absolute atomic E-state index is 3.32. The number of H-pyrrole nitrogens is 1. The maximum Gasteiger partial charge on any atom is 0 e. The van der Waals surface area contributed by atoms with Crippen LogP contribution in [0.2, 0.25) is 0 Å². The molecule has 1 N–H and O–H groups in total. The van der Waals surface area contributed by atoms with Crippen molar-refractivity contribution in [2.24, 2.45) is 0 Å². The fraction of sp³-hybridized carbons (Fsp3) is 0. The van der Waals surface area contributed by atoms with Crippen molar-refractivity contribution in [3.05, 3.63) is 48.5 Å². The minimum absolute atomic E-state index is 0. The SMILES string of the molecule is [Y].[c-]1cccc2[nH]c3ccc[c-]c3c12. The molecule has 0 unspecified atom stereocenters. The third-order valence-electron chi connectivity index (χ3n) is 2.23. The van der Waals surface area contributed by atoms with Crippen LogP contribution in [0, 0.1) is 12.1 Å². The van der Waals surface area contributed by atoms with Gasteiger partial charge < -0.3 is 4.98 Å². The number of hydrogen-bond acceptors (Lipinski definition) is 0. The Kier molecular flexibility index (Phi) is 2.71. The molecule has 0 aliphatic carbocycles. The quantitative estimate of drug-likeness (QED) is 0.594. The van der Waals surface area contributed by atoms with Gasteiger partial charge in [0.2, 0.25) is 0 Å². The molecule has 0 aliphatic rings. The van der Waals surface area contributed by atoms with Crippen molar-refractivity contribution in [1.82, 2.24) is 4.98 Å². The number of aromatic nitrogens is 1. The monoisotopic (exact) mass is 254 g/mol. The van der Waals surface area contributed by atoms with E-state index >= 15 is 0 Å². The van der Waals surface area contributed by atoms with E-state index < -0.39 is 0 Å². The predicted molar refractivity (Wildman–Crippen MR) is 53.5 cm³/mol. The largest absolute Gasteiger partial charge is 0.450 e. The van der Waals surface area contributed by atoms with E-state index in [2.05, 4.69) is 29.2 Å². The van der Waals surface area contributed by atoms with Crippen LogP contribution in [0.4, 0.5) is 0 Å². The molecule has 0 saturated heterocycles. The standard InChI is InChI=1S/C12H7N.Y/c1-3-7-11-9(5-1)10-6-2-4-8-12(10)13-11;/h1-4,7-8,13H;/q-2;. The van der Waals surface area contributed by atoms with Crippen LogP contribution >= 0.6 is 0 Å². The van der Waals surface area contributed by atoms with Gasteiger partial charge in [0.05, 0.1) is 0 Å². The zero-order valence-corrected chi connectivity index (χ0v) is 10.4. The Labute approximate surface area is 107 Å². The van der Waals surface area contributed by atoms with Gasteiger partial charge in [0.25, 0.3) is 0 Å². The first-order chi connectivity index (χ1) is 6.45. The van der Waals surface area contributed by atoms with Gasteiger partial charge in [-0.05, 0) is 0 Å². The second kappa shape index (κ2) is 3.84. The molecule has 2 aromatic carbocycles. The van der Waals surface area contributed by atoms with Gasteiger partial charge in [0.1, 0.15) is 0 Å². The zero-order valence-electron chi connectivity index (χ0n) is 7.54. The van der Waals surface area contributed by atoms with Crippen LogP contribution in [0.5, 0.6) is 0 Å². The third-order valence-corrected chi connectivity index (χ3v) is 2.23. The molecule has 1 heterocycles. The van der Waals surface area contributed by atoms with E-state index in [1.807, 2.05) is 24.3 Å². The molecule has 65 valence electrons. The number of hydrogen-bond donors (Lipinski definition) is 1. The summed E-state index contributed by atoms with van der Waals surface area (Å²) in [6.07, 6.45) is 0. The molecule has 1 radical (unpaired) electrons. The van der Waals surface area contributed by atoms with Gasteiger partial charge in [-0.1, -0.05) is 11.0 Å². The Morgan fingerprint density at radius 1 is 0.857 bits per heavy atom. The number of aromatic amines is 1. The molecule has 0 amide bonds. The van der Waals surface area contributed by atoms with Gasteiger partial charge >= 0.3 is 0 Å². The molecule has 3 aromatic rings. The van der Waals surface area contributed by atoms with Crippen molar-refractivity contribution in [2.75, 3.05) is 0 Å². The fourth-order valence-electron chi connectivity index (χ4n) is 1.64. The minimum Gasteiger partial charge on any atom is -0.450 e. The molecule has 0 atom stereocenters. The Balaban J connectivity index is 0.000000750. The van der Waals surface area contributed by atoms with Crippen molar-refractivity contribution in [2.45, 2.75) is 0 Å². The fourth-order valence-corrected chi connectivity index (χ4v) is 1.64. The molecule has 0 fully saturated rings. The van der Waals surface area contributed by atoms with Crippen LogP contribution in [0.1, 0.15) is 0 Å². The molecular weight excluding hydrogens is 247 g/mol. The molecule has 1 aromatic heterocycles. The van der Waals surface area contributed by atoms with Crippen LogP contribution in [-0.2, 0) is 32.7 Å². The zero-order chi connectivity index (χ0) is 8.67. The van der Waals surface area contributed by atoms with Gasteiger partial charge in [0.15, 0.2) is 0 Å². The molecule has 2 heteroatoms. The van der Waals surface area contributed by atoms with Gasteiger partial charge in [-0.3, -0.25) is 0 Å². The van der Waals surface area contributed by atoms with E-state index in [4.69, 9.17) is 0 Å². The van der Waals surface area contributed by atoms with E-state index in [-0.39, 0.29) is 32.7 Å². The Morgan fingerprint density at radius 3 is 1.86 bits per heavy atom. The first-order valence-corrected chi connectivity index (χ1v) is 4.24. The Morgan fingerprint density at radius 2 is 1.36 bits per heavy atom. The van der Waals surface area contributed by atoms with E-state index in [0.29, 0.717) is 0 Å². The number of fused-ring (bicyclic) bond motifs is 3. The van der Waals surface area contributed by atoms with Crippen molar-refractivity contribution in [3.63, 3.8) is 0 Å². The first kappa shape index (κ1) is 9.88. The summed E-state index contributed by atoms with van der Waals surface area (Å²) in [5.74, 6) is 0. The maximum atomic E-state index is 3.32. The van der Waals surface area contributed by atoms with E-state index in [1.54, 1.807) is 0 Å². The van der Waals surface area contributed by atoms with Crippen LogP contribution in [-0.4, -0.2) is 4.98 Å². The molecule has 0 spiro atoms. The normalized spacial score (nSPS) is 10.3. The number of benzene rings is 2. The summed E-state index contributed by atoms with van der Waals surface area (Å²) < 4.78 is 0. The molecule has 1 nitrogen and oxygen atoms in total. The van der Waals surface area contributed by atoms with E-state index in [1.165, 1.54) is 0 Å². The molecule has 0 saturated carbocycles. The van der Waals surface area contributed by atoms with Crippen molar-refractivity contribution in [3.8, 4) is 0 Å². The summed E-state index contributed by atoms with van der Waals surface area (Å²) in [6, 6.07) is 18.4. The molecule has 3 rings (SSSR count). The summed E-state index contributed by atoms with van der Waals surface area (Å²) in [5, 5.41) is 2.25. The molecule has 14 heavy (non-hydrogen) atoms. The van der Waals surface area contributed by atoms with Crippen molar-refractivity contribution >= 4 is 21.8 Å². The number of rotatable bonds is 0. The van der Waals surface area contributed by atoms with Crippen molar-refractivity contribution < 1.29 is 32.7 Å². The van der Waals surface area contributed by atoms with Crippen LogP contribution in [0.25, 0.3) is 21.8 Å². The third kappa shape index (κ3) is 1.41. The summed E-state index contributed by atoms with van der Waals surface area (Å²) in [7, 11) is 0. The summed E-state index contributed by atoms with van der Waals surface area (Å²) in [4.78, 5) is 3.32. The Bertz CT molecular complexity index is 518. The second-order valence-corrected chi connectivity index (χ2v) is 3.04. The topological polar surface area (TPSA) is 15.8 Å². The number of nitrogens with one attached hydrogen (secondary N) is 1. The van der Waals surface area contributed by atoms with E-state index in [9.17, 15) is 0 Å². The predicted octanol–water partition coefficient (Wildman–Crippen LogP) is 2.92. The van der Waals surface area contributed by atoms with Gasteiger partial charge in [-0.2, -0.15) is 24.3 Å². The summed E-state index contributed by atoms with van der Waals surface area (Å²) in [5.41, 5.74) is 2.25. The van der Waals surface area contributed by atoms with E-state index in [0.717, 1.165) is 21.8 Å². The Hall–Kier alpha value is -0.656. The van der Waals surface area contributed by atoms with Gasteiger partial charge in [-0.15, -0.1) is 24.3 Å². The molecule has 0 aliphatic heterocycles. The smallest absolute Gasteiger partial charge is 0 e. The summed E-state index contributed by atoms with van der Waals surface area (Å²) >= 11 is 0. The average molecular weight is 254 g/mol. The second-order valence-electron chi connectivity index (χ2n) is 3.04. The summed E-state index contributed by atoms with van der Waals surface area (Å²) in [6.45, 7) is 0.